The van der Waals surface area contributed by atoms with Gasteiger partial charge >= 0.3 is 0 Å². The van der Waals surface area contributed by atoms with Crippen LogP contribution < -0.4 is 9.47 Å². The number of carbonyl (C=O) groups excluding carboxylic acids is 1. The van der Waals surface area contributed by atoms with Gasteiger partial charge in [-0.15, -0.1) is 0 Å². The molecule has 0 radical (unpaired) electrons. The van der Waals surface area contributed by atoms with Crippen LogP contribution in [0.2, 0.25) is 0 Å². The number of aromatic hydroxyl groups is 1. The van der Waals surface area contributed by atoms with Crippen molar-refractivity contribution in [2.24, 2.45) is 4.99 Å². The molecule has 8 heteroatoms. The number of pyridine rings is 1. The smallest absolute Gasteiger partial charge is 0.266 e. The number of hydrogen-bond donors (Lipinski definition) is 1. The van der Waals surface area contributed by atoms with Gasteiger partial charge in [0.2, 0.25) is 5.75 Å². The molecule has 1 aromatic heterocycles. The van der Waals surface area contributed by atoms with E-state index >= 15 is 0 Å². The Labute approximate surface area is 167 Å². The summed E-state index contributed by atoms with van der Waals surface area (Å²) in [6, 6.07) is 8.87. The van der Waals surface area contributed by atoms with Crippen molar-refractivity contribution >= 4 is 34.7 Å². The fraction of sp³-hybridized carbons (Fsp3) is 0.250. The number of aromatic nitrogens is 1. The molecule has 1 aromatic carbocycles. The zero-order valence-corrected chi connectivity index (χ0v) is 16.9. The van der Waals surface area contributed by atoms with E-state index in [1.165, 1.54) is 26.0 Å². The van der Waals surface area contributed by atoms with Gasteiger partial charge in [-0.2, -0.15) is 0 Å². The van der Waals surface area contributed by atoms with E-state index in [0.717, 1.165) is 5.69 Å². The number of hydrogen-bond acceptors (Lipinski definition) is 7. The summed E-state index contributed by atoms with van der Waals surface area (Å²) in [7, 11) is 2.92. The highest BCUT2D eigenvalue weighted by Gasteiger charge is 2.32. The van der Waals surface area contributed by atoms with Crippen molar-refractivity contribution in [3.8, 4) is 17.2 Å². The Balaban J connectivity index is 1.98. The molecular weight excluding hydrogens is 378 g/mol. The summed E-state index contributed by atoms with van der Waals surface area (Å²) >= 11 is 1.28. The fourth-order valence-electron chi connectivity index (χ4n) is 2.71. The van der Waals surface area contributed by atoms with Gasteiger partial charge in [-0.3, -0.25) is 9.69 Å². The van der Waals surface area contributed by atoms with Gasteiger partial charge in [0, 0.05) is 12.2 Å². The zero-order valence-electron chi connectivity index (χ0n) is 16.1. The second-order valence-corrected chi connectivity index (χ2v) is 6.97. The van der Waals surface area contributed by atoms with E-state index in [-0.39, 0.29) is 23.2 Å². The number of carbonyl (C=O) groups is 1. The predicted molar refractivity (Wildman–Crippen MR) is 110 cm³/mol. The van der Waals surface area contributed by atoms with Crippen LogP contribution in [0.1, 0.15) is 18.2 Å². The molecule has 0 atom stereocenters. The number of amides is 1. The van der Waals surface area contributed by atoms with Crippen molar-refractivity contribution in [2.45, 2.75) is 13.8 Å². The minimum absolute atomic E-state index is 0.0829. The van der Waals surface area contributed by atoms with E-state index in [0.29, 0.717) is 28.0 Å². The van der Waals surface area contributed by atoms with Crippen molar-refractivity contribution in [2.75, 3.05) is 20.8 Å². The summed E-state index contributed by atoms with van der Waals surface area (Å²) in [6.07, 6.45) is 1.73. The van der Waals surface area contributed by atoms with Crippen LogP contribution >= 0.6 is 11.8 Å². The van der Waals surface area contributed by atoms with Crippen molar-refractivity contribution in [3.63, 3.8) is 0 Å². The minimum Gasteiger partial charge on any atom is -0.502 e. The Morgan fingerprint density at radius 3 is 2.50 bits per heavy atom. The number of aryl methyl sites for hydroxylation is 1. The minimum atomic E-state index is -0.134. The first-order chi connectivity index (χ1) is 13.5. The first-order valence-corrected chi connectivity index (χ1v) is 9.47. The van der Waals surface area contributed by atoms with Gasteiger partial charge < -0.3 is 14.6 Å². The number of phenolic OH excluding ortho intramolecular Hbond substituents is 1. The lowest BCUT2D eigenvalue weighted by Gasteiger charge is -2.12. The molecule has 2 heterocycles. The Morgan fingerprint density at radius 2 is 1.93 bits per heavy atom. The molecular formula is C20H21N3O4S. The molecule has 1 saturated heterocycles. The number of ether oxygens (including phenoxy) is 2. The maximum absolute atomic E-state index is 12.8. The second-order valence-electron chi connectivity index (χ2n) is 5.97. The molecule has 0 aliphatic carbocycles. The van der Waals surface area contributed by atoms with Crippen molar-refractivity contribution in [1.82, 2.24) is 9.88 Å². The number of rotatable bonds is 5. The van der Waals surface area contributed by atoms with Crippen LogP contribution in [0.15, 0.2) is 40.2 Å². The van der Waals surface area contributed by atoms with Crippen LogP contribution in [0, 0.1) is 6.92 Å². The van der Waals surface area contributed by atoms with Crippen LogP contribution in [-0.4, -0.2) is 46.8 Å². The summed E-state index contributed by atoms with van der Waals surface area (Å²) < 4.78 is 10.4. The van der Waals surface area contributed by atoms with E-state index in [4.69, 9.17) is 9.47 Å². The molecule has 0 spiro atoms. The first kappa shape index (κ1) is 19.8. The average Bonchev–Trinajstić information content (AvgIpc) is 2.97. The molecule has 146 valence electrons. The van der Waals surface area contributed by atoms with Gasteiger partial charge in [0.1, 0.15) is 0 Å². The normalized spacial score (nSPS) is 16.9. The topological polar surface area (TPSA) is 84.2 Å². The van der Waals surface area contributed by atoms with Crippen LogP contribution in [0.3, 0.4) is 0 Å². The standard InChI is InChI=1S/C20H21N3O4S/c1-5-23-19(25)16(28-20(23)22-17-8-6-7-12(2)21-17)11-13-9-14(26-3)18(24)15(10-13)27-4/h6-11,24H,5H2,1-4H3/b16-11-,22-20+. The van der Waals surface area contributed by atoms with E-state index in [1.807, 2.05) is 26.0 Å². The molecule has 3 rings (SSSR count). The third-order valence-corrected chi connectivity index (χ3v) is 5.09. The quantitative estimate of drug-likeness (QED) is 0.771. The zero-order chi connectivity index (χ0) is 20.3. The summed E-state index contributed by atoms with van der Waals surface area (Å²) in [5.74, 6) is 0.882. The van der Waals surface area contributed by atoms with Crippen LogP contribution in [0.5, 0.6) is 17.2 Å². The van der Waals surface area contributed by atoms with Crippen LogP contribution in [0.4, 0.5) is 5.82 Å². The molecule has 1 N–H and O–H groups in total. The maximum Gasteiger partial charge on any atom is 0.266 e. The van der Waals surface area contributed by atoms with Gasteiger partial charge in [0.15, 0.2) is 22.5 Å². The molecule has 1 amide bonds. The second kappa shape index (κ2) is 8.35. The highest BCUT2D eigenvalue weighted by atomic mass is 32.2. The lowest BCUT2D eigenvalue weighted by molar-refractivity contribution is -0.122. The number of aliphatic imine (C=N–C) groups is 1. The number of likely N-dealkylation sites (N-methyl/N-ethyl adjacent to an activating group) is 1. The highest BCUT2D eigenvalue weighted by molar-refractivity contribution is 8.18. The molecule has 2 aromatic rings. The predicted octanol–water partition coefficient (Wildman–Crippen LogP) is 3.74. The number of amidine groups is 1. The van der Waals surface area contributed by atoms with Gasteiger partial charge in [0.05, 0.1) is 19.1 Å². The number of methoxy groups -OCH3 is 2. The van der Waals surface area contributed by atoms with E-state index in [2.05, 4.69) is 9.98 Å². The Hall–Kier alpha value is -3.00. The number of benzene rings is 1. The fourth-order valence-corrected chi connectivity index (χ4v) is 3.76. The molecule has 28 heavy (non-hydrogen) atoms. The molecule has 0 unspecified atom stereocenters. The van der Waals surface area contributed by atoms with Crippen LogP contribution in [-0.2, 0) is 4.79 Å². The van der Waals surface area contributed by atoms with Crippen molar-refractivity contribution < 1.29 is 19.4 Å². The molecule has 0 bridgehead atoms. The SMILES string of the molecule is CCN1C(=O)/C(=C/c2cc(OC)c(O)c(OC)c2)S/C1=N/c1cccc(C)n1. The number of nitrogens with zero attached hydrogens (tertiary/aromatic N) is 3. The molecule has 1 aliphatic heterocycles. The van der Waals surface area contributed by atoms with Gasteiger partial charge in [-0.25, -0.2) is 9.98 Å². The van der Waals surface area contributed by atoms with Gasteiger partial charge in [-0.05, 0) is 61.5 Å². The molecule has 1 aliphatic rings. The van der Waals surface area contributed by atoms with E-state index in [9.17, 15) is 9.90 Å². The third kappa shape index (κ3) is 3.96. The van der Waals surface area contributed by atoms with E-state index < -0.39 is 0 Å². The Morgan fingerprint density at radius 1 is 1.25 bits per heavy atom. The van der Waals surface area contributed by atoms with Crippen molar-refractivity contribution in [3.05, 3.63) is 46.5 Å². The summed E-state index contributed by atoms with van der Waals surface area (Å²) in [5.41, 5.74) is 1.53. The van der Waals surface area contributed by atoms with Gasteiger partial charge in [-0.1, -0.05) is 6.07 Å². The largest absolute Gasteiger partial charge is 0.502 e. The first-order valence-electron chi connectivity index (χ1n) is 8.65. The molecule has 0 saturated carbocycles. The number of thioether (sulfide) groups is 1. The Kier molecular flexibility index (Phi) is 5.89. The van der Waals surface area contributed by atoms with E-state index in [1.54, 1.807) is 29.2 Å². The monoisotopic (exact) mass is 399 g/mol. The molecule has 7 nitrogen and oxygen atoms in total. The summed E-state index contributed by atoms with van der Waals surface area (Å²) in [6.45, 7) is 4.29. The third-order valence-electron chi connectivity index (χ3n) is 4.09. The van der Waals surface area contributed by atoms with Gasteiger partial charge in [0.25, 0.3) is 5.91 Å². The summed E-state index contributed by atoms with van der Waals surface area (Å²) in [5, 5.41) is 10.6. The summed E-state index contributed by atoms with van der Waals surface area (Å²) in [4.78, 5) is 23.8. The lowest BCUT2D eigenvalue weighted by atomic mass is 10.1. The maximum atomic E-state index is 12.8. The average molecular weight is 399 g/mol. The van der Waals surface area contributed by atoms with Crippen LogP contribution in [0.25, 0.3) is 6.08 Å². The van der Waals surface area contributed by atoms with Crippen molar-refractivity contribution in [1.29, 1.82) is 0 Å². The lowest BCUT2D eigenvalue weighted by Crippen LogP contribution is -2.28. The highest BCUT2D eigenvalue weighted by Crippen LogP contribution is 2.39. The number of phenols is 1. The Bertz CT molecular complexity index is 947. The molecule has 1 fully saturated rings.